The van der Waals surface area contributed by atoms with Crippen LogP contribution in [0.1, 0.15) is 36.0 Å². The minimum absolute atomic E-state index is 0.0497. The Labute approximate surface area is 314 Å². The molecular weight excluding hydrogens is 725 g/mol. The van der Waals surface area contributed by atoms with Gasteiger partial charge < -0.3 is 19.3 Å². The molecule has 2 aliphatic rings. The van der Waals surface area contributed by atoms with Crippen LogP contribution in [0, 0.1) is 11.7 Å². The van der Waals surface area contributed by atoms with Crippen LogP contribution in [-0.2, 0) is 29.2 Å². The summed E-state index contributed by atoms with van der Waals surface area (Å²) in [4.78, 5) is 14.2. The SMILES string of the molecule is COc1ccc(CN(c2ccncn2)S(=O)(=O)c2ccc(N3CCC[C@](CCc4cccc(C(F)(F)F)c4)(N(C)CC4CN(C)C4)C3)cc2F)c(OC)c1. The fraction of sp³-hybridized carbons (Fsp3) is 0.436. The average Bonchev–Trinajstić information content (AvgIpc) is 3.15. The zero-order valence-corrected chi connectivity index (χ0v) is 31.7. The van der Waals surface area contributed by atoms with E-state index in [1.165, 1.54) is 57.1 Å². The number of aryl methyl sites for hydroxylation is 1. The highest BCUT2D eigenvalue weighted by atomic mass is 32.2. The number of hydrogen-bond donors (Lipinski definition) is 0. The summed E-state index contributed by atoms with van der Waals surface area (Å²) >= 11 is 0. The van der Waals surface area contributed by atoms with E-state index in [-0.39, 0.29) is 12.4 Å². The lowest BCUT2D eigenvalue weighted by atomic mass is 9.81. The summed E-state index contributed by atoms with van der Waals surface area (Å²) in [5.74, 6) is 0.509. The lowest BCUT2D eigenvalue weighted by molar-refractivity contribution is -0.137. The molecule has 2 saturated heterocycles. The third kappa shape index (κ3) is 8.58. The molecule has 2 fully saturated rings. The zero-order valence-electron chi connectivity index (χ0n) is 30.9. The Balaban J connectivity index is 1.28. The number of rotatable bonds is 14. The summed E-state index contributed by atoms with van der Waals surface area (Å²) in [6, 6.07) is 16.1. The van der Waals surface area contributed by atoms with Gasteiger partial charge in [-0.2, -0.15) is 13.2 Å². The van der Waals surface area contributed by atoms with Crippen molar-refractivity contribution in [3.8, 4) is 11.5 Å². The zero-order chi connectivity index (χ0) is 38.7. The molecule has 1 aromatic heterocycles. The van der Waals surface area contributed by atoms with E-state index in [2.05, 4.69) is 38.8 Å². The van der Waals surface area contributed by atoms with Crippen LogP contribution in [-0.4, -0.2) is 94.8 Å². The number of aromatic nitrogens is 2. The van der Waals surface area contributed by atoms with Crippen molar-refractivity contribution in [1.82, 2.24) is 19.8 Å². The van der Waals surface area contributed by atoms with Gasteiger partial charge in [0, 0.05) is 67.8 Å². The Kier molecular flexibility index (Phi) is 11.7. The molecule has 10 nitrogen and oxygen atoms in total. The highest BCUT2D eigenvalue weighted by molar-refractivity contribution is 7.92. The monoisotopic (exact) mass is 770 g/mol. The molecule has 0 aliphatic carbocycles. The molecule has 54 heavy (non-hydrogen) atoms. The number of sulfonamides is 1. The number of likely N-dealkylation sites (N-methyl/N-ethyl adjacent to an activating group) is 1. The van der Waals surface area contributed by atoms with Gasteiger partial charge in [0.1, 0.15) is 34.4 Å². The highest BCUT2D eigenvalue weighted by Gasteiger charge is 2.41. The maximum absolute atomic E-state index is 16.3. The third-order valence-corrected chi connectivity index (χ3v) is 12.4. The lowest BCUT2D eigenvalue weighted by Crippen LogP contribution is -2.61. The van der Waals surface area contributed by atoms with Gasteiger partial charge in [-0.3, -0.25) is 4.90 Å². The van der Waals surface area contributed by atoms with Gasteiger partial charge in [0.2, 0.25) is 0 Å². The number of methoxy groups -OCH3 is 2. The van der Waals surface area contributed by atoms with E-state index in [0.717, 1.165) is 42.8 Å². The molecule has 1 atom stereocenters. The van der Waals surface area contributed by atoms with Gasteiger partial charge in [0.15, 0.2) is 0 Å². The largest absolute Gasteiger partial charge is 0.497 e. The summed E-state index contributed by atoms with van der Waals surface area (Å²) in [6.07, 6.45) is 0.825. The molecule has 3 heterocycles. The first-order valence-corrected chi connectivity index (χ1v) is 19.3. The van der Waals surface area contributed by atoms with Crippen LogP contribution in [0.4, 0.5) is 29.1 Å². The predicted octanol–water partition coefficient (Wildman–Crippen LogP) is 6.51. The molecule has 15 heteroatoms. The topological polar surface area (TPSA) is 91.3 Å². The fourth-order valence-corrected chi connectivity index (χ4v) is 9.16. The van der Waals surface area contributed by atoms with E-state index < -0.39 is 38.0 Å². The van der Waals surface area contributed by atoms with Gasteiger partial charge in [-0.1, -0.05) is 18.2 Å². The van der Waals surface area contributed by atoms with E-state index in [1.807, 2.05) is 0 Å². The first-order chi connectivity index (χ1) is 25.7. The number of alkyl halides is 3. The van der Waals surface area contributed by atoms with Crippen LogP contribution in [0.2, 0.25) is 0 Å². The second kappa shape index (κ2) is 16.1. The quantitative estimate of drug-likeness (QED) is 0.133. The summed E-state index contributed by atoms with van der Waals surface area (Å²) in [7, 11) is 2.61. The maximum atomic E-state index is 16.3. The predicted molar refractivity (Wildman–Crippen MR) is 199 cm³/mol. The minimum Gasteiger partial charge on any atom is -0.497 e. The summed E-state index contributed by atoms with van der Waals surface area (Å²) in [5.41, 5.74) is 0.557. The molecule has 0 amide bonds. The highest BCUT2D eigenvalue weighted by Crippen LogP contribution is 2.38. The standard InChI is InChI=1S/C39H46F4N6O4S/c1-46-22-29(23-46)24-47(2)38(16-13-28-7-5-8-31(19-28)39(41,42)43)15-6-18-48(26-38)32-10-12-36(34(40)20-32)54(50,51)49(37-14-17-44-27-45-37)25-30-9-11-33(52-3)21-35(30)53-4/h5,7-12,14,17,19-21,27,29H,6,13,15-16,18,22-26H2,1-4H3/t38-/m1/s1. The first kappa shape index (κ1) is 39.2. The average molecular weight is 771 g/mol. The van der Waals surface area contributed by atoms with Gasteiger partial charge in [0.25, 0.3) is 10.0 Å². The first-order valence-electron chi connectivity index (χ1n) is 17.8. The maximum Gasteiger partial charge on any atom is 0.416 e. The molecule has 0 bridgehead atoms. The van der Waals surface area contributed by atoms with Gasteiger partial charge in [-0.25, -0.2) is 27.1 Å². The summed E-state index contributed by atoms with van der Waals surface area (Å²) in [5, 5.41) is 0. The van der Waals surface area contributed by atoms with Crippen LogP contribution < -0.4 is 18.7 Å². The van der Waals surface area contributed by atoms with E-state index in [0.29, 0.717) is 60.2 Å². The van der Waals surface area contributed by atoms with E-state index in [9.17, 15) is 21.6 Å². The minimum atomic E-state index is -4.50. The Morgan fingerprint density at radius 1 is 1.02 bits per heavy atom. The van der Waals surface area contributed by atoms with Crippen molar-refractivity contribution in [1.29, 1.82) is 0 Å². The van der Waals surface area contributed by atoms with Crippen LogP contribution in [0.5, 0.6) is 11.5 Å². The summed E-state index contributed by atoms with van der Waals surface area (Å²) in [6.45, 7) is 3.66. The van der Waals surface area contributed by atoms with Crippen molar-refractivity contribution in [2.75, 3.05) is 70.2 Å². The molecular formula is C39H46F4N6O4S. The fourth-order valence-electron chi connectivity index (χ4n) is 7.72. The van der Waals surface area contributed by atoms with E-state index >= 15 is 4.39 Å². The molecule has 0 N–H and O–H groups in total. The summed E-state index contributed by atoms with van der Waals surface area (Å²) < 4.78 is 97.3. The van der Waals surface area contributed by atoms with Gasteiger partial charge in [0.05, 0.1) is 26.3 Å². The number of benzene rings is 3. The van der Waals surface area contributed by atoms with Crippen LogP contribution in [0.25, 0.3) is 0 Å². The number of nitrogens with zero attached hydrogens (tertiary/aromatic N) is 6. The van der Waals surface area contributed by atoms with Crippen molar-refractivity contribution in [2.45, 2.75) is 48.8 Å². The van der Waals surface area contributed by atoms with E-state index in [4.69, 9.17) is 9.47 Å². The number of likely N-dealkylation sites (tertiary alicyclic amines) is 1. The number of piperidine rings is 1. The number of ether oxygens (including phenoxy) is 2. The molecule has 4 aromatic rings. The Bertz CT molecular complexity index is 2020. The third-order valence-electron chi connectivity index (χ3n) is 10.6. The smallest absolute Gasteiger partial charge is 0.416 e. The molecule has 0 saturated carbocycles. The normalized spacial score (nSPS) is 18.4. The molecule has 0 spiro atoms. The van der Waals surface area contributed by atoms with Crippen molar-refractivity contribution < 1.29 is 35.5 Å². The van der Waals surface area contributed by atoms with Crippen molar-refractivity contribution in [3.63, 3.8) is 0 Å². The molecule has 0 unspecified atom stereocenters. The second-order valence-electron chi connectivity index (χ2n) is 14.3. The van der Waals surface area contributed by atoms with Crippen LogP contribution >= 0.6 is 0 Å². The molecule has 3 aromatic carbocycles. The number of hydrogen-bond acceptors (Lipinski definition) is 9. The van der Waals surface area contributed by atoms with Crippen LogP contribution in [0.3, 0.4) is 0 Å². The number of anilines is 2. The molecule has 0 radical (unpaired) electrons. The van der Waals surface area contributed by atoms with Crippen molar-refractivity contribution >= 4 is 21.5 Å². The Morgan fingerprint density at radius 3 is 2.48 bits per heavy atom. The van der Waals surface area contributed by atoms with Crippen molar-refractivity contribution in [3.05, 3.63) is 102 Å². The van der Waals surface area contributed by atoms with Gasteiger partial charge >= 0.3 is 6.18 Å². The Morgan fingerprint density at radius 2 is 1.81 bits per heavy atom. The van der Waals surface area contributed by atoms with Gasteiger partial charge in [-0.05, 0) is 87.7 Å². The molecule has 6 rings (SSSR count). The second-order valence-corrected chi connectivity index (χ2v) is 16.1. The Hall–Kier alpha value is -4.47. The lowest BCUT2D eigenvalue weighted by Gasteiger charge is -2.51. The van der Waals surface area contributed by atoms with Crippen LogP contribution in [0.15, 0.2) is 84.1 Å². The molecule has 290 valence electrons. The number of halogens is 4. The van der Waals surface area contributed by atoms with Gasteiger partial charge in [-0.15, -0.1) is 0 Å². The van der Waals surface area contributed by atoms with E-state index in [1.54, 1.807) is 30.3 Å². The van der Waals surface area contributed by atoms with Crippen molar-refractivity contribution in [2.24, 2.45) is 5.92 Å². The molecule has 2 aliphatic heterocycles.